The van der Waals surface area contributed by atoms with Gasteiger partial charge in [-0.25, -0.2) is 9.97 Å². The summed E-state index contributed by atoms with van der Waals surface area (Å²) in [6, 6.07) is 1.63. The Morgan fingerprint density at radius 2 is 2.53 bits per heavy atom. The van der Waals surface area contributed by atoms with Gasteiger partial charge in [0.25, 0.3) is 0 Å². The monoisotopic (exact) mass is 254 g/mol. The lowest BCUT2D eigenvalue weighted by atomic mass is 9.93. The first kappa shape index (κ1) is 12.3. The minimum atomic E-state index is -0.461. The van der Waals surface area contributed by atoms with Gasteiger partial charge in [-0.05, 0) is 43.5 Å². The molecule has 0 radical (unpaired) electrons. The molecule has 2 heterocycles. The second-order valence-corrected chi connectivity index (χ2v) is 4.47. The zero-order chi connectivity index (χ0) is 12.3. The summed E-state index contributed by atoms with van der Waals surface area (Å²) >= 11 is 5.67. The molecule has 1 unspecified atom stereocenters. The fourth-order valence-corrected chi connectivity index (χ4v) is 2.25. The maximum Gasteiger partial charge on any atom is 0.245 e. The Bertz CT molecular complexity index is 418. The van der Waals surface area contributed by atoms with Crippen LogP contribution in [0.2, 0.25) is 5.28 Å². The second-order valence-electron chi connectivity index (χ2n) is 4.13. The molecule has 0 saturated carbocycles. The highest BCUT2D eigenvalue weighted by atomic mass is 35.5. The van der Waals surface area contributed by atoms with Crippen LogP contribution in [0.4, 0.5) is 5.82 Å². The summed E-state index contributed by atoms with van der Waals surface area (Å²) in [5.41, 5.74) is -0.461. The Morgan fingerprint density at radius 3 is 3.12 bits per heavy atom. The van der Waals surface area contributed by atoms with Crippen molar-refractivity contribution in [1.82, 2.24) is 15.3 Å². The summed E-state index contributed by atoms with van der Waals surface area (Å²) in [5.74, 6) is 0.392. The van der Waals surface area contributed by atoms with Crippen LogP contribution >= 0.6 is 11.6 Å². The predicted molar refractivity (Wildman–Crippen MR) is 65.9 cm³/mol. The molecule has 92 valence electrons. The van der Waals surface area contributed by atoms with Crippen LogP contribution in [0.5, 0.6) is 0 Å². The molecule has 1 fully saturated rings. The molecule has 1 atom stereocenters. The summed E-state index contributed by atoms with van der Waals surface area (Å²) in [6.07, 6.45) is 4.16. The van der Waals surface area contributed by atoms with E-state index in [1.165, 1.54) is 6.20 Å². The van der Waals surface area contributed by atoms with E-state index in [0.717, 1.165) is 25.8 Å². The number of nitrogens with one attached hydrogen (secondary N) is 2. The number of anilines is 1. The maximum atomic E-state index is 12.2. The SMILES string of the molecule is CCC1(C(=O)Nc2ccnc(Cl)n2)CCCN1. The number of amides is 1. The highest BCUT2D eigenvalue weighted by Crippen LogP contribution is 2.24. The number of nitrogens with zero attached hydrogens (tertiary/aromatic N) is 2. The number of halogens is 1. The van der Waals surface area contributed by atoms with Crippen molar-refractivity contribution in [3.63, 3.8) is 0 Å². The fraction of sp³-hybridized carbons (Fsp3) is 0.545. The van der Waals surface area contributed by atoms with Gasteiger partial charge in [0.2, 0.25) is 11.2 Å². The van der Waals surface area contributed by atoms with Gasteiger partial charge in [-0.1, -0.05) is 6.92 Å². The highest BCUT2D eigenvalue weighted by molar-refractivity contribution is 6.28. The van der Waals surface area contributed by atoms with Crippen molar-refractivity contribution >= 4 is 23.3 Å². The second kappa shape index (κ2) is 4.98. The van der Waals surface area contributed by atoms with E-state index in [9.17, 15) is 4.79 Å². The van der Waals surface area contributed by atoms with Gasteiger partial charge in [-0.15, -0.1) is 0 Å². The van der Waals surface area contributed by atoms with Crippen molar-refractivity contribution in [3.8, 4) is 0 Å². The van der Waals surface area contributed by atoms with Gasteiger partial charge >= 0.3 is 0 Å². The summed E-state index contributed by atoms with van der Waals surface area (Å²) in [6.45, 7) is 2.89. The first-order chi connectivity index (χ1) is 8.16. The van der Waals surface area contributed by atoms with Gasteiger partial charge < -0.3 is 10.6 Å². The van der Waals surface area contributed by atoms with Crippen LogP contribution in [0.3, 0.4) is 0 Å². The van der Waals surface area contributed by atoms with Crippen LogP contribution in [0.1, 0.15) is 26.2 Å². The van der Waals surface area contributed by atoms with Crippen LogP contribution < -0.4 is 10.6 Å². The highest BCUT2D eigenvalue weighted by Gasteiger charge is 2.39. The molecule has 1 saturated heterocycles. The lowest BCUT2D eigenvalue weighted by Crippen LogP contribution is -2.50. The fourth-order valence-electron chi connectivity index (χ4n) is 2.10. The molecule has 2 rings (SSSR count). The lowest BCUT2D eigenvalue weighted by Gasteiger charge is -2.26. The molecule has 0 aromatic carbocycles. The summed E-state index contributed by atoms with van der Waals surface area (Å²) in [7, 11) is 0. The molecule has 6 heteroatoms. The van der Waals surface area contributed by atoms with Gasteiger partial charge in [-0.3, -0.25) is 4.79 Å². The Hall–Kier alpha value is -1.20. The third-order valence-corrected chi connectivity index (χ3v) is 3.33. The first-order valence-electron chi connectivity index (χ1n) is 5.71. The third-order valence-electron chi connectivity index (χ3n) is 3.15. The van der Waals surface area contributed by atoms with E-state index in [2.05, 4.69) is 20.6 Å². The quantitative estimate of drug-likeness (QED) is 0.804. The number of hydrogen-bond acceptors (Lipinski definition) is 4. The smallest absolute Gasteiger partial charge is 0.245 e. The third kappa shape index (κ3) is 2.56. The zero-order valence-electron chi connectivity index (χ0n) is 9.66. The Labute approximate surface area is 105 Å². The number of rotatable bonds is 3. The van der Waals surface area contributed by atoms with Gasteiger partial charge in [0.1, 0.15) is 5.82 Å². The first-order valence-corrected chi connectivity index (χ1v) is 6.09. The van der Waals surface area contributed by atoms with Gasteiger partial charge in [-0.2, -0.15) is 0 Å². The predicted octanol–water partition coefficient (Wildman–Crippen LogP) is 1.60. The molecule has 1 aromatic heterocycles. The molecule has 17 heavy (non-hydrogen) atoms. The van der Waals surface area contributed by atoms with Crippen molar-refractivity contribution in [2.75, 3.05) is 11.9 Å². The Morgan fingerprint density at radius 1 is 1.71 bits per heavy atom. The van der Waals surface area contributed by atoms with Crippen LogP contribution in [-0.4, -0.2) is 28.0 Å². The molecule has 5 nitrogen and oxygen atoms in total. The van der Waals surface area contributed by atoms with Crippen molar-refractivity contribution in [1.29, 1.82) is 0 Å². The molecule has 1 aliphatic rings. The van der Waals surface area contributed by atoms with E-state index in [1.54, 1.807) is 6.07 Å². The molecule has 2 N–H and O–H groups in total. The van der Waals surface area contributed by atoms with Gasteiger partial charge in [0, 0.05) is 6.20 Å². The summed E-state index contributed by atoms with van der Waals surface area (Å²) in [4.78, 5) is 19.9. The molecular formula is C11H15ClN4O. The number of carbonyl (C=O) groups excluding carboxylic acids is 1. The van der Waals surface area contributed by atoms with E-state index in [4.69, 9.17) is 11.6 Å². The minimum absolute atomic E-state index is 0.0488. The Balaban J connectivity index is 2.10. The van der Waals surface area contributed by atoms with Crippen molar-refractivity contribution < 1.29 is 4.79 Å². The van der Waals surface area contributed by atoms with Crippen molar-refractivity contribution in [3.05, 3.63) is 17.5 Å². The maximum absolute atomic E-state index is 12.2. The van der Waals surface area contributed by atoms with Crippen molar-refractivity contribution in [2.24, 2.45) is 0 Å². The molecular weight excluding hydrogens is 240 g/mol. The van der Waals surface area contributed by atoms with E-state index in [-0.39, 0.29) is 11.2 Å². The summed E-state index contributed by atoms with van der Waals surface area (Å²) in [5, 5.41) is 6.18. The molecule has 1 amide bonds. The van der Waals surface area contributed by atoms with E-state index in [0.29, 0.717) is 5.82 Å². The number of carbonyl (C=O) groups is 1. The van der Waals surface area contributed by atoms with Crippen LogP contribution in [0, 0.1) is 0 Å². The molecule has 0 bridgehead atoms. The van der Waals surface area contributed by atoms with Crippen LogP contribution in [0.25, 0.3) is 0 Å². The Kier molecular flexibility index (Phi) is 3.59. The van der Waals surface area contributed by atoms with E-state index >= 15 is 0 Å². The van der Waals surface area contributed by atoms with E-state index < -0.39 is 5.54 Å². The molecule has 1 aromatic rings. The van der Waals surface area contributed by atoms with Crippen LogP contribution in [-0.2, 0) is 4.79 Å². The largest absolute Gasteiger partial charge is 0.309 e. The average Bonchev–Trinajstić information content (AvgIpc) is 2.78. The number of hydrogen-bond donors (Lipinski definition) is 2. The molecule has 0 aliphatic carbocycles. The van der Waals surface area contributed by atoms with E-state index in [1.807, 2.05) is 6.92 Å². The normalized spacial score (nSPS) is 23.6. The molecule has 1 aliphatic heterocycles. The standard InChI is InChI=1S/C11H15ClN4O/c1-2-11(5-3-6-14-11)9(17)15-8-4-7-13-10(12)16-8/h4,7,14H,2-3,5-6H2,1H3,(H,13,15,16,17). The zero-order valence-corrected chi connectivity index (χ0v) is 10.4. The van der Waals surface area contributed by atoms with Crippen molar-refractivity contribution in [2.45, 2.75) is 31.7 Å². The average molecular weight is 255 g/mol. The van der Waals surface area contributed by atoms with Gasteiger partial charge in [0.05, 0.1) is 5.54 Å². The van der Waals surface area contributed by atoms with Gasteiger partial charge in [0.15, 0.2) is 0 Å². The number of aromatic nitrogens is 2. The molecule has 0 spiro atoms. The topological polar surface area (TPSA) is 66.9 Å². The minimum Gasteiger partial charge on any atom is -0.309 e. The summed E-state index contributed by atoms with van der Waals surface area (Å²) < 4.78 is 0. The lowest BCUT2D eigenvalue weighted by molar-refractivity contribution is -0.122. The van der Waals surface area contributed by atoms with Crippen LogP contribution in [0.15, 0.2) is 12.3 Å².